The van der Waals surface area contributed by atoms with Gasteiger partial charge in [-0.3, -0.25) is 9.69 Å². The Hall–Kier alpha value is -1.91. The molecule has 2 unspecified atom stereocenters. The fourth-order valence-corrected chi connectivity index (χ4v) is 6.79. The number of morpholine rings is 1. The van der Waals surface area contributed by atoms with Gasteiger partial charge in [-0.1, -0.05) is 12.1 Å². The van der Waals surface area contributed by atoms with Crippen LogP contribution < -0.4 is 5.32 Å². The molecule has 2 fully saturated rings. The number of sulfonamides is 1. The minimum Gasteiger partial charge on any atom is -0.373 e. The average molecular weight is 490 g/mol. The molecule has 0 aromatic heterocycles. The Morgan fingerprint density at radius 1 is 1.06 bits per heavy atom. The third kappa shape index (κ3) is 6.16. The van der Waals surface area contributed by atoms with Crippen molar-refractivity contribution in [3.05, 3.63) is 59.7 Å². The molecule has 0 aliphatic carbocycles. The number of amides is 1. The normalized spacial score (nSPS) is 22.7. The Kier molecular flexibility index (Phi) is 7.76. The zero-order valence-electron chi connectivity index (χ0n) is 19.1. The molecule has 0 radical (unpaired) electrons. The lowest BCUT2D eigenvalue weighted by Gasteiger charge is -2.34. The van der Waals surface area contributed by atoms with Crippen LogP contribution in [0.15, 0.2) is 53.4 Å². The number of nitrogens with zero attached hydrogens (tertiary/aromatic N) is 2. The van der Waals surface area contributed by atoms with Gasteiger partial charge in [0.05, 0.1) is 17.1 Å². The van der Waals surface area contributed by atoms with E-state index in [9.17, 15) is 13.2 Å². The summed E-state index contributed by atoms with van der Waals surface area (Å²) in [6.07, 6.45) is -0.309. The molecule has 33 heavy (non-hydrogen) atoms. The molecule has 2 aliphatic heterocycles. The number of benzene rings is 2. The second kappa shape index (κ2) is 10.6. The lowest BCUT2D eigenvalue weighted by molar-refractivity contribution is -0.0440. The maximum atomic E-state index is 13.0. The summed E-state index contributed by atoms with van der Waals surface area (Å²) in [5, 5.41) is 2.93. The number of hydrogen-bond acceptors (Lipinski definition) is 6. The Morgan fingerprint density at radius 2 is 1.73 bits per heavy atom. The van der Waals surface area contributed by atoms with E-state index in [-0.39, 0.29) is 23.0 Å². The zero-order valence-corrected chi connectivity index (χ0v) is 20.7. The van der Waals surface area contributed by atoms with Crippen LogP contribution in [0.2, 0.25) is 0 Å². The first-order valence-electron chi connectivity index (χ1n) is 11.3. The van der Waals surface area contributed by atoms with Crippen LogP contribution in [-0.4, -0.2) is 73.4 Å². The van der Waals surface area contributed by atoms with Crippen LogP contribution >= 0.6 is 11.8 Å². The lowest BCUT2D eigenvalue weighted by atomic mass is 10.1. The monoisotopic (exact) mass is 489 g/mol. The number of anilines is 1. The van der Waals surface area contributed by atoms with Crippen LogP contribution in [0.5, 0.6) is 0 Å². The van der Waals surface area contributed by atoms with Gasteiger partial charge in [0.2, 0.25) is 10.0 Å². The van der Waals surface area contributed by atoms with Gasteiger partial charge in [0.25, 0.3) is 5.91 Å². The zero-order chi connectivity index (χ0) is 23.4. The molecule has 1 amide bonds. The van der Waals surface area contributed by atoms with Crippen LogP contribution in [0.1, 0.15) is 29.8 Å². The number of thioether (sulfide) groups is 1. The molecule has 2 aromatic rings. The first-order chi connectivity index (χ1) is 15.8. The van der Waals surface area contributed by atoms with Gasteiger partial charge < -0.3 is 10.1 Å². The van der Waals surface area contributed by atoms with Gasteiger partial charge in [0.1, 0.15) is 0 Å². The second-order valence-electron chi connectivity index (χ2n) is 8.65. The van der Waals surface area contributed by atoms with Crippen LogP contribution in [0.3, 0.4) is 0 Å². The van der Waals surface area contributed by atoms with Gasteiger partial charge in [0, 0.05) is 55.5 Å². The smallest absolute Gasteiger partial charge is 0.255 e. The molecule has 0 saturated carbocycles. The van der Waals surface area contributed by atoms with E-state index in [1.54, 1.807) is 12.1 Å². The van der Waals surface area contributed by atoms with Crippen molar-refractivity contribution in [2.24, 2.45) is 0 Å². The molecule has 2 aliphatic rings. The minimum atomic E-state index is -3.63. The second-order valence-corrected chi connectivity index (χ2v) is 11.8. The summed E-state index contributed by atoms with van der Waals surface area (Å²) >= 11 is 1.98. The molecule has 9 heteroatoms. The SMILES string of the molecule is CC1CN(S(=O)(=O)c2ccc(C(=O)Nc3cccc(CN4CCSCC4)c3)cc2)CC(C)O1. The Bertz CT molecular complexity index is 1060. The number of rotatable bonds is 6. The van der Waals surface area contributed by atoms with Crippen molar-refractivity contribution < 1.29 is 17.9 Å². The van der Waals surface area contributed by atoms with E-state index in [2.05, 4.69) is 16.3 Å². The van der Waals surface area contributed by atoms with E-state index in [4.69, 9.17) is 4.74 Å². The molecule has 7 nitrogen and oxygen atoms in total. The molecule has 0 bridgehead atoms. The van der Waals surface area contributed by atoms with Gasteiger partial charge in [-0.05, 0) is 55.8 Å². The van der Waals surface area contributed by atoms with Crippen molar-refractivity contribution in [1.29, 1.82) is 0 Å². The molecule has 4 rings (SSSR count). The Balaban J connectivity index is 1.41. The average Bonchev–Trinajstić information content (AvgIpc) is 2.79. The maximum Gasteiger partial charge on any atom is 0.255 e. The third-order valence-electron chi connectivity index (χ3n) is 5.84. The van der Waals surface area contributed by atoms with Gasteiger partial charge in [-0.15, -0.1) is 0 Å². The highest BCUT2D eigenvalue weighted by atomic mass is 32.2. The molecule has 2 heterocycles. The Morgan fingerprint density at radius 3 is 2.39 bits per heavy atom. The van der Waals surface area contributed by atoms with E-state index < -0.39 is 10.0 Å². The van der Waals surface area contributed by atoms with Crippen molar-refractivity contribution in [2.75, 3.05) is 43.0 Å². The van der Waals surface area contributed by atoms with Crippen molar-refractivity contribution in [3.63, 3.8) is 0 Å². The number of nitrogens with one attached hydrogen (secondary N) is 1. The van der Waals surface area contributed by atoms with Crippen molar-refractivity contribution in [2.45, 2.75) is 37.5 Å². The van der Waals surface area contributed by atoms with Gasteiger partial charge in [0.15, 0.2) is 0 Å². The van der Waals surface area contributed by atoms with Gasteiger partial charge in [-0.2, -0.15) is 16.1 Å². The van der Waals surface area contributed by atoms with Crippen LogP contribution in [0.25, 0.3) is 0 Å². The molecular formula is C24H31N3O4S2. The molecule has 2 atom stereocenters. The summed E-state index contributed by atoms with van der Waals surface area (Å²) in [6.45, 7) is 7.41. The van der Waals surface area contributed by atoms with Crippen molar-refractivity contribution >= 4 is 33.4 Å². The highest BCUT2D eigenvalue weighted by molar-refractivity contribution is 7.99. The molecular weight excluding hydrogens is 458 g/mol. The number of carbonyl (C=O) groups excluding carboxylic acids is 1. The number of carbonyl (C=O) groups is 1. The van der Waals surface area contributed by atoms with Gasteiger partial charge in [-0.25, -0.2) is 8.42 Å². The first kappa shape index (κ1) is 24.2. The van der Waals surface area contributed by atoms with Crippen LogP contribution in [-0.2, 0) is 21.3 Å². The van der Waals surface area contributed by atoms with Crippen LogP contribution in [0.4, 0.5) is 5.69 Å². The third-order valence-corrected chi connectivity index (χ3v) is 8.62. The summed E-state index contributed by atoms with van der Waals surface area (Å²) in [4.78, 5) is 15.4. The largest absolute Gasteiger partial charge is 0.373 e. The first-order valence-corrected chi connectivity index (χ1v) is 13.9. The summed E-state index contributed by atoms with van der Waals surface area (Å²) < 4.78 is 33.1. The summed E-state index contributed by atoms with van der Waals surface area (Å²) in [6, 6.07) is 14.0. The summed E-state index contributed by atoms with van der Waals surface area (Å²) in [7, 11) is -3.63. The summed E-state index contributed by atoms with van der Waals surface area (Å²) in [5.41, 5.74) is 2.31. The predicted octanol–water partition coefficient (Wildman–Crippen LogP) is 3.29. The topological polar surface area (TPSA) is 79.0 Å². The van der Waals surface area contributed by atoms with Crippen molar-refractivity contribution in [1.82, 2.24) is 9.21 Å². The maximum absolute atomic E-state index is 13.0. The van der Waals surface area contributed by atoms with E-state index in [1.807, 2.05) is 43.8 Å². The number of ether oxygens (including phenoxy) is 1. The van der Waals surface area contributed by atoms with Crippen molar-refractivity contribution in [3.8, 4) is 0 Å². The Labute approximate surface area is 200 Å². The fraction of sp³-hybridized carbons (Fsp3) is 0.458. The van der Waals surface area contributed by atoms with E-state index in [0.29, 0.717) is 18.7 Å². The molecule has 0 spiro atoms. The number of hydrogen-bond donors (Lipinski definition) is 1. The summed E-state index contributed by atoms with van der Waals surface area (Å²) in [5.74, 6) is 2.05. The lowest BCUT2D eigenvalue weighted by Crippen LogP contribution is -2.48. The van der Waals surface area contributed by atoms with E-state index in [0.717, 1.165) is 42.4 Å². The fourth-order valence-electron chi connectivity index (χ4n) is 4.22. The highest BCUT2D eigenvalue weighted by Crippen LogP contribution is 2.22. The quantitative estimate of drug-likeness (QED) is 0.671. The highest BCUT2D eigenvalue weighted by Gasteiger charge is 2.32. The molecule has 2 saturated heterocycles. The molecule has 1 N–H and O–H groups in total. The van der Waals surface area contributed by atoms with Crippen LogP contribution in [0, 0.1) is 0 Å². The molecule has 178 valence electrons. The predicted molar refractivity (Wildman–Crippen MR) is 132 cm³/mol. The standard InChI is InChI=1S/C24H31N3O4S2/c1-18-15-27(16-19(2)31-18)33(29,30)23-8-6-21(7-9-23)24(28)25-22-5-3-4-20(14-22)17-26-10-12-32-13-11-26/h3-9,14,18-19H,10-13,15-17H2,1-2H3,(H,25,28). The van der Waals surface area contributed by atoms with E-state index in [1.165, 1.54) is 16.4 Å². The molecule has 2 aromatic carbocycles. The van der Waals surface area contributed by atoms with E-state index >= 15 is 0 Å². The van der Waals surface area contributed by atoms with Gasteiger partial charge >= 0.3 is 0 Å². The minimum absolute atomic E-state index is 0.154.